The number of aliphatic hydroxyl groups excluding tert-OH is 1. The summed E-state index contributed by atoms with van der Waals surface area (Å²) in [5, 5.41) is 8.33. The van der Waals surface area contributed by atoms with E-state index < -0.39 is 12.6 Å². The number of hydrogen-bond acceptors (Lipinski definition) is 4. The van der Waals surface area contributed by atoms with Crippen LogP contribution in [0, 0.1) is 0 Å². The molecule has 0 aliphatic heterocycles. The van der Waals surface area contributed by atoms with Gasteiger partial charge in [0.25, 0.3) is 0 Å². The molecule has 0 aliphatic rings. The minimum absolute atomic E-state index is 0.232. The van der Waals surface area contributed by atoms with Crippen molar-refractivity contribution in [3.05, 3.63) is 0 Å². The molecule has 3 nitrogen and oxygen atoms in total. The fourth-order valence-corrected chi connectivity index (χ4v) is 0.548. The molecule has 8 heavy (non-hydrogen) atoms. The second-order valence-electron chi connectivity index (χ2n) is 1.65. The van der Waals surface area contributed by atoms with Crippen molar-refractivity contribution < 1.29 is 14.9 Å². The number of hydrogen-bond donors (Lipinski definition) is 4. The molecule has 0 rings (SSSR count). The molecule has 0 fully saturated rings. The zero-order valence-electron chi connectivity index (χ0n) is 4.52. The Hall–Kier alpha value is 0.660. The Bertz CT molecular complexity index is 71.4. The molecular formula is C3H10O3PS+. The van der Waals surface area contributed by atoms with Gasteiger partial charge >= 0.3 is 6.92 Å². The molecule has 0 aliphatic carbocycles. The van der Waals surface area contributed by atoms with Crippen LogP contribution in [0.25, 0.3) is 0 Å². The zero-order chi connectivity index (χ0) is 6.78. The second kappa shape index (κ2) is 2.99. The molecule has 1 atom stereocenters. The summed E-state index contributed by atoms with van der Waals surface area (Å²) >= 11 is 3.49. The highest BCUT2D eigenvalue weighted by atomic mass is 32.7. The van der Waals surface area contributed by atoms with E-state index in [1.54, 1.807) is 0 Å². The van der Waals surface area contributed by atoms with E-state index in [4.69, 9.17) is 14.9 Å². The molecule has 0 amide bonds. The third-order valence-electron chi connectivity index (χ3n) is 0.856. The zero-order valence-corrected chi connectivity index (χ0v) is 6.31. The monoisotopic (exact) mass is 157 g/mol. The quantitative estimate of drug-likeness (QED) is 0.338. The van der Waals surface area contributed by atoms with Gasteiger partial charge < -0.3 is 5.11 Å². The standard InChI is InChI=1S/C3H10O3PS/c1-3(2-4)7(5,6)8/h3-6,8H,2H2,1H3/q+1. The lowest BCUT2D eigenvalue weighted by Crippen LogP contribution is -2.09. The van der Waals surface area contributed by atoms with Gasteiger partial charge in [-0.1, -0.05) is 0 Å². The van der Waals surface area contributed by atoms with E-state index in [1.807, 2.05) is 0 Å². The Morgan fingerprint density at radius 3 is 2.00 bits per heavy atom. The maximum atomic E-state index is 8.66. The third kappa shape index (κ3) is 2.84. The van der Waals surface area contributed by atoms with Gasteiger partial charge in [0.15, 0.2) is 5.66 Å². The van der Waals surface area contributed by atoms with Crippen molar-refractivity contribution in [1.29, 1.82) is 0 Å². The number of aliphatic hydroxyl groups is 1. The topological polar surface area (TPSA) is 60.7 Å². The van der Waals surface area contributed by atoms with Crippen LogP contribution in [-0.2, 0) is 0 Å². The molecule has 0 saturated heterocycles. The van der Waals surface area contributed by atoms with Gasteiger partial charge in [0.1, 0.15) is 0 Å². The van der Waals surface area contributed by atoms with Gasteiger partial charge in [-0.15, -0.1) is 0 Å². The van der Waals surface area contributed by atoms with Crippen LogP contribution in [0.5, 0.6) is 0 Å². The van der Waals surface area contributed by atoms with E-state index in [-0.39, 0.29) is 6.61 Å². The molecule has 50 valence electrons. The summed E-state index contributed by atoms with van der Waals surface area (Å²) in [5.41, 5.74) is -0.508. The van der Waals surface area contributed by atoms with E-state index in [0.717, 1.165) is 0 Å². The molecule has 0 aromatic heterocycles. The van der Waals surface area contributed by atoms with E-state index in [2.05, 4.69) is 12.2 Å². The molecule has 0 aromatic rings. The minimum atomic E-state index is -3.06. The Kier molecular flexibility index (Phi) is 3.24. The Morgan fingerprint density at radius 2 is 2.00 bits per heavy atom. The van der Waals surface area contributed by atoms with Gasteiger partial charge in [0.2, 0.25) is 0 Å². The number of thiol groups is 1. The first-order valence-corrected chi connectivity index (χ1v) is 5.08. The van der Waals surface area contributed by atoms with Crippen LogP contribution in [-0.4, -0.2) is 27.2 Å². The maximum Gasteiger partial charge on any atom is 0.328 e. The first kappa shape index (κ1) is 8.66. The Balaban J connectivity index is 3.62. The van der Waals surface area contributed by atoms with E-state index >= 15 is 0 Å². The summed E-state index contributed by atoms with van der Waals surface area (Å²) in [6.07, 6.45) is 0. The first-order valence-electron chi connectivity index (χ1n) is 2.16. The van der Waals surface area contributed by atoms with Crippen molar-refractivity contribution in [3.8, 4) is 0 Å². The Morgan fingerprint density at radius 1 is 1.62 bits per heavy atom. The van der Waals surface area contributed by atoms with Crippen LogP contribution >= 0.6 is 19.2 Å². The lowest BCUT2D eigenvalue weighted by atomic mass is 10.5. The average molecular weight is 157 g/mol. The predicted octanol–water partition coefficient (Wildman–Crippen LogP) is 0.0442. The van der Waals surface area contributed by atoms with E-state index in [9.17, 15) is 0 Å². The van der Waals surface area contributed by atoms with Crippen LogP contribution in [0.2, 0.25) is 0 Å². The van der Waals surface area contributed by atoms with Gasteiger partial charge in [-0.3, -0.25) is 0 Å². The van der Waals surface area contributed by atoms with Crippen LogP contribution in [0.1, 0.15) is 6.92 Å². The third-order valence-corrected chi connectivity index (χ3v) is 3.38. The van der Waals surface area contributed by atoms with Crippen molar-refractivity contribution in [1.82, 2.24) is 0 Å². The molecule has 5 heteroatoms. The largest absolute Gasteiger partial charge is 0.392 e. The lowest BCUT2D eigenvalue weighted by Gasteiger charge is -2.09. The van der Waals surface area contributed by atoms with Gasteiger partial charge in [-0.2, -0.15) is 0 Å². The molecule has 0 bridgehead atoms. The summed E-state index contributed by atoms with van der Waals surface area (Å²) in [6, 6.07) is 0. The van der Waals surface area contributed by atoms with Gasteiger partial charge in [-0.25, -0.2) is 9.79 Å². The Labute approximate surface area is 54.0 Å². The molecule has 0 saturated carbocycles. The molecular weight excluding hydrogens is 147 g/mol. The molecule has 1 unspecified atom stereocenters. The maximum absolute atomic E-state index is 8.66. The van der Waals surface area contributed by atoms with Crippen molar-refractivity contribution in [2.45, 2.75) is 12.6 Å². The highest BCUT2D eigenvalue weighted by Crippen LogP contribution is 2.59. The van der Waals surface area contributed by atoms with Crippen LogP contribution < -0.4 is 0 Å². The minimum Gasteiger partial charge on any atom is -0.392 e. The molecule has 0 spiro atoms. The summed E-state index contributed by atoms with van der Waals surface area (Å²) in [6.45, 7) is -1.77. The van der Waals surface area contributed by atoms with Crippen molar-refractivity contribution >= 4 is 19.2 Å². The molecule has 0 heterocycles. The predicted molar refractivity (Wildman–Crippen MR) is 36.9 cm³/mol. The molecule has 3 N–H and O–H groups in total. The van der Waals surface area contributed by atoms with Crippen molar-refractivity contribution in [2.24, 2.45) is 0 Å². The fourth-order valence-electron chi connectivity index (χ4n) is 0.110. The highest BCUT2D eigenvalue weighted by molar-refractivity contribution is 8.49. The van der Waals surface area contributed by atoms with Crippen molar-refractivity contribution in [2.75, 3.05) is 6.61 Å². The highest BCUT2D eigenvalue weighted by Gasteiger charge is 2.35. The van der Waals surface area contributed by atoms with Crippen molar-refractivity contribution in [3.63, 3.8) is 0 Å². The summed E-state index contributed by atoms with van der Waals surface area (Å²) < 4.78 is 0. The molecule has 0 aromatic carbocycles. The van der Waals surface area contributed by atoms with Crippen LogP contribution in [0.4, 0.5) is 0 Å². The smallest absolute Gasteiger partial charge is 0.328 e. The SMILES string of the molecule is CC(CO)[P+](O)(O)S. The summed E-state index contributed by atoms with van der Waals surface area (Å²) in [7, 11) is 0. The second-order valence-corrected chi connectivity index (χ2v) is 5.52. The first-order chi connectivity index (χ1) is 3.48. The van der Waals surface area contributed by atoms with Gasteiger partial charge in [0, 0.05) is 0 Å². The van der Waals surface area contributed by atoms with E-state index in [0.29, 0.717) is 0 Å². The van der Waals surface area contributed by atoms with Crippen LogP contribution in [0.15, 0.2) is 0 Å². The number of rotatable bonds is 2. The fraction of sp³-hybridized carbons (Fsp3) is 1.00. The van der Waals surface area contributed by atoms with Gasteiger partial charge in [0.05, 0.1) is 18.9 Å². The summed E-state index contributed by atoms with van der Waals surface area (Å²) in [5.74, 6) is 0. The summed E-state index contributed by atoms with van der Waals surface area (Å²) in [4.78, 5) is 17.3. The normalized spacial score (nSPS) is 16.1. The van der Waals surface area contributed by atoms with E-state index in [1.165, 1.54) is 6.92 Å². The van der Waals surface area contributed by atoms with Gasteiger partial charge in [-0.05, 0) is 6.92 Å². The van der Waals surface area contributed by atoms with Crippen LogP contribution in [0.3, 0.4) is 0 Å². The average Bonchev–Trinajstić information content (AvgIpc) is 1.62. The molecule has 0 radical (unpaired) electrons. The lowest BCUT2D eigenvalue weighted by molar-refractivity contribution is 0.286.